The van der Waals surface area contributed by atoms with E-state index in [-0.39, 0.29) is 5.91 Å². The number of ether oxygens (including phenoxy) is 1. The number of aryl methyl sites for hydroxylation is 2. The standard InChI is InChI=1S/C20H22N6O2/c1-14-5-6-16(22-18(14)15-4-3-7-21-12-15)20(27)23-17-13-25(2)24-19(17)26-8-10-28-11-9-26/h3-7,12-13H,8-11H2,1-2H3,(H,23,27). The molecule has 8 heteroatoms. The summed E-state index contributed by atoms with van der Waals surface area (Å²) in [4.78, 5) is 23.7. The predicted octanol–water partition coefficient (Wildman–Crippen LogP) is 2.27. The van der Waals surface area contributed by atoms with Gasteiger partial charge in [0, 0.05) is 38.1 Å². The Balaban J connectivity index is 1.60. The Hall–Kier alpha value is -3.26. The average Bonchev–Trinajstić information content (AvgIpc) is 3.09. The molecule has 3 aromatic heterocycles. The molecule has 0 radical (unpaired) electrons. The molecule has 1 aliphatic heterocycles. The fraction of sp³-hybridized carbons (Fsp3) is 0.300. The first kappa shape index (κ1) is 18.1. The number of hydrogen-bond donors (Lipinski definition) is 1. The molecule has 8 nitrogen and oxygen atoms in total. The number of amides is 1. The molecule has 4 rings (SSSR count). The van der Waals surface area contributed by atoms with Gasteiger partial charge >= 0.3 is 0 Å². The van der Waals surface area contributed by atoms with Crippen LogP contribution in [0.25, 0.3) is 11.3 Å². The van der Waals surface area contributed by atoms with Gasteiger partial charge in [0.2, 0.25) is 0 Å². The molecule has 1 amide bonds. The fourth-order valence-corrected chi connectivity index (χ4v) is 3.21. The number of rotatable bonds is 4. The second-order valence-corrected chi connectivity index (χ2v) is 6.70. The van der Waals surface area contributed by atoms with Gasteiger partial charge in [0.1, 0.15) is 11.4 Å². The van der Waals surface area contributed by atoms with E-state index in [0.29, 0.717) is 24.6 Å². The molecule has 1 saturated heterocycles. The van der Waals surface area contributed by atoms with Gasteiger partial charge in [0.25, 0.3) is 5.91 Å². The molecule has 1 N–H and O–H groups in total. The number of hydrogen-bond acceptors (Lipinski definition) is 6. The molecular formula is C20H22N6O2. The minimum Gasteiger partial charge on any atom is -0.378 e. The van der Waals surface area contributed by atoms with Crippen molar-refractivity contribution in [2.75, 3.05) is 36.5 Å². The Morgan fingerprint density at radius 1 is 1.21 bits per heavy atom. The van der Waals surface area contributed by atoms with E-state index in [0.717, 1.165) is 35.7 Å². The van der Waals surface area contributed by atoms with Crippen molar-refractivity contribution in [3.8, 4) is 11.3 Å². The summed E-state index contributed by atoms with van der Waals surface area (Å²) in [5.41, 5.74) is 3.63. The highest BCUT2D eigenvalue weighted by Gasteiger charge is 2.21. The molecule has 0 saturated carbocycles. The molecule has 0 unspecified atom stereocenters. The first-order valence-corrected chi connectivity index (χ1v) is 9.17. The quantitative estimate of drug-likeness (QED) is 0.750. The number of nitrogens with one attached hydrogen (secondary N) is 1. The molecule has 144 valence electrons. The number of carbonyl (C=O) groups is 1. The summed E-state index contributed by atoms with van der Waals surface area (Å²) in [5, 5.41) is 7.46. The summed E-state index contributed by atoms with van der Waals surface area (Å²) >= 11 is 0. The third kappa shape index (κ3) is 3.72. The number of carbonyl (C=O) groups excluding carboxylic acids is 1. The van der Waals surface area contributed by atoms with Crippen molar-refractivity contribution in [1.29, 1.82) is 0 Å². The maximum Gasteiger partial charge on any atom is 0.274 e. The van der Waals surface area contributed by atoms with Crippen molar-refractivity contribution in [3.05, 3.63) is 54.1 Å². The minimum atomic E-state index is -0.271. The number of pyridine rings is 2. The lowest BCUT2D eigenvalue weighted by atomic mass is 10.1. The van der Waals surface area contributed by atoms with E-state index in [1.54, 1.807) is 29.3 Å². The molecule has 0 aromatic carbocycles. The first-order chi connectivity index (χ1) is 13.6. The van der Waals surface area contributed by atoms with Crippen LogP contribution in [-0.4, -0.2) is 52.0 Å². The highest BCUT2D eigenvalue weighted by atomic mass is 16.5. The van der Waals surface area contributed by atoms with Crippen LogP contribution in [0.1, 0.15) is 16.1 Å². The fourth-order valence-electron chi connectivity index (χ4n) is 3.21. The maximum atomic E-state index is 12.9. The largest absolute Gasteiger partial charge is 0.378 e. The highest BCUT2D eigenvalue weighted by Crippen LogP contribution is 2.26. The van der Waals surface area contributed by atoms with Gasteiger partial charge in [-0.15, -0.1) is 0 Å². The third-order valence-corrected chi connectivity index (χ3v) is 4.63. The predicted molar refractivity (Wildman–Crippen MR) is 106 cm³/mol. The molecule has 4 heterocycles. The molecule has 1 aliphatic rings. The van der Waals surface area contributed by atoms with Gasteiger partial charge in [-0.2, -0.15) is 5.10 Å². The molecule has 0 atom stereocenters. The number of nitrogens with zero attached hydrogens (tertiary/aromatic N) is 5. The van der Waals surface area contributed by atoms with Crippen molar-refractivity contribution in [2.45, 2.75) is 6.92 Å². The first-order valence-electron chi connectivity index (χ1n) is 9.17. The summed E-state index contributed by atoms with van der Waals surface area (Å²) in [5.74, 6) is 0.478. The van der Waals surface area contributed by atoms with Crippen molar-refractivity contribution < 1.29 is 9.53 Å². The zero-order valence-corrected chi connectivity index (χ0v) is 15.9. The lowest BCUT2D eigenvalue weighted by molar-refractivity contribution is 0.102. The van der Waals surface area contributed by atoms with Crippen molar-refractivity contribution >= 4 is 17.4 Å². The highest BCUT2D eigenvalue weighted by molar-refractivity contribution is 6.04. The molecule has 0 bridgehead atoms. The normalized spacial score (nSPS) is 14.1. The Morgan fingerprint density at radius 2 is 2.04 bits per heavy atom. The van der Waals surface area contributed by atoms with Crippen LogP contribution in [0, 0.1) is 6.92 Å². The summed E-state index contributed by atoms with van der Waals surface area (Å²) in [6.45, 7) is 4.76. The Labute approximate surface area is 163 Å². The van der Waals surface area contributed by atoms with Crippen LogP contribution in [0.3, 0.4) is 0 Å². The van der Waals surface area contributed by atoms with E-state index in [4.69, 9.17) is 4.74 Å². The summed E-state index contributed by atoms with van der Waals surface area (Å²) in [6.07, 6.45) is 5.26. The zero-order chi connectivity index (χ0) is 19.5. The van der Waals surface area contributed by atoms with Crippen LogP contribution < -0.4 is 10.2 Å². The van der Waals surface area contributed by atoms with Gasteiger partial charge in [-0.1, -0.05) is 6.07 Å². The Kier molecular flexibility index (Phi) is 5.03. The summed E-state index contributed by atoms with van der Waals surface area (Å²) < 4.78 is 7.10. The second kappa shape index (κ2) is 7.77. The van der Waals surface area contributed by atoms with Crippen LogP contribution in [-0.2, 0) is 11.8 Å². The van der Waals surface area contributed by atoms with E-state index in [9.17, 15) is 4.79 Å². The third-order valence-electron chi connectivity index (χ3n) is 4.63. The Bertz CT molecular complexity index is 980. The van der Waals surface area contributed by atoms with Crippen LogP contribution in [0.5, 0.6) is 0 Å². The SMILES string of the molecule is Cc1ccc(C(=O)Nc2cn(C)nc2N2CCOCC2)nc1-c1cccnc1. The van der Waals surface area contributed by atoms with Gasteiger partial charge in [0.05, 0.1) is 25.1 Å². The van der Waals surface area contributed by atoms with E-state index >= 15 is 0 Å². The van der Waals surface area contributed by atoms with Crippen LogP contribution in [0.15, 0.2) is 42.9 Å². The van der Waals surface area contributed by atoms with Gasteiger partial charge in [0.15, 0.2) is 5.82 Å². The lowest BCUT2D eigenvalue weighted by Gasteiger charge is -2.27. The van der Waals surface area contributed by atoms with E-state index in [1.807, 2.05) is 32.2 Å². The van der Waals surface area contributed by atoms with Gasteiger partial charge in [-0.3, -0.25) is 14.5 Å². The molecular weight excluding hydrogens is 356 g/mol. The monoisotopic (exact) mass is 378 g/mol. The van der Waals surface area contributed by atoms with Crippen molar-refractivity contribution in [2.24, 2.45) is 7.05 Å². The molecule has 3 aromatic rings. The second-order valence-electron chi connectivity index (χ2n) is 6.70. The topological polar surface area (TPSA) is 85.2 Å². The van der Waals surface area contributed by atoms with Crippen LogP contribution >= 0.6 is 0 Å². The van der Waals surface area contributed by atoms with Crippen molar-refractivity contribution in [1.82, 2.24) is 19.7 Å². The van der Waals surface area contributed by atoms with Crippen LogP contribution in [0.4, 0.5) is 11.5 Å². The number of aromatic nitrogens is 4. The van der Waals surface area contributed by atoms with Gasteiger partial charge in [-0.25, -0.2) is 4.98 Å². The molecule has 1 fully saturated rings. The molecule has 0 spiro atoms. The maximum absolute atomic E-state index is 12.9. The zero-order valence-electron chi connectivity index (χ0n) is 15.9. The van der Waals surface area contributed by atoms with Crippen molar-refractivity contribution in [3.63, 3.8) is 0 Å². The summed E-state index contributed by atoms with van der Waals surface area (Å²) in [6, 6.07) is 7.42. The number of morpholine rings is 1. The average molecular weight is 378 g/mol. The van der Waals surface area contributed by atoms with Gasteiger partial charge < -0.3 is 15.0 Å². The number of anilines is 2. The smallest absolute Gasteiger partial charge is 0.274 e. The van der Waals surface area contributed by atoms with E-state index in [2.05, 4.69) is 25.3 Å². The van der Waals surface area contributed by atoms with E-state index < -0.39 is 0 Å². The lowest BCUT2D eigenvalue weighted by Crippen LogP contribution is -2.37. The Morgan fingerprint density at radius 3 is 2.79 bits per heavy atom. The van der Waals surface area contributed by atoms with Gasteiger partial charge in [-0.05, 0) is 30.7 Å². The van der Waals surface area contributed by atoms with E-state index in [1.165, 1.54) is 0 Å². The summed E-state index contributed by atoms with van der Waals surface area (Å²) in [7, 11) is 1.84. The molecule has 0 aliphatic carbocycles. The molecule has 28 heavy (non-hydrogen) atoms. The van der Waals surface area contributed by atoms with Crippen LogP contribution in [0.2, 0.25) is 0 Å². The minimum absolute atomic E-state index is 0.271.